The van der Waals surface area contributed by atoms with E-state index in [1.165, 1.54) is 22.3 Å². The molecule has 0 saturated heterocycles. The second-order valence-electron chi connectivity index (χ2n) is 6.16. The van der Waals surface area contributed by atoms with Crippen molar-refractivity contribution in [3.8, 4) is 22.3 Å². The van der Waals surface area contributed by atoms with E-state index < -0.39 is 7.12 Å². The van der Waals surface area contributed by atoms with Crippen LogP contribution in [-0.4, -0.2) is 25.7 Å². The van der Waals surface area contributed by atoms with Crippen LogP contribution in [0.15, 0.2) is 85.1 Å². The Kier molecular flexibility index (Phi) is 4.61. The normalized spacial score (nSPS) is 11.0. The average molecular weight is 341 g/mol. The van der Waals surface area contributed by atoms with E-state index >= 15 is 0 Å². The zero-order valence-corrected chi connectivity index (χ0v) is 14.9. The molecule has 3 nitrogen and oxygen atoms in total. The lowest BCUT2D eigenvalue weighted by Gasteiger charge is -2.11. The van der Waals surface area contributed by atoms with Crippen molar-refractivity contribution in [1.29, 1.82) is 0 Å². The number of fused-ring (bicyclic) bond motifs is 1. The summed E-state index contributed by atoms with van der Waals surface area (Å²) in [6.07, 6.45) is 2.17. The van der Waals surface area contributed by atoms with Crippen molar-refractivity contribution >= 4 is 18.2 Å². The molecule has 2 aromatic carbocycles. The third-order valence-corrected chi connectivity index (χ3v) is 4.66. The van der Waals surface area contributed by atoms with Gasteiger partial charge in [-0.05, 0) is 23.3 Å². The first-order chi connectivity index (χ1) is 12.8. The molecule has 0 aliphatic heterocycles. The summed E-state index contributed by atoms with van der Waals surface area (Å²) in [7, 11) is 2.90. The van der Waals surface area contributed by atoms with Crippen molar-refractivity contribution in [2.24, 2.45) is 0 Å². The van der Waals surface area contributed by atoms with E-state index in [0.717, 1.165) is 11.1 Å². The van der Waals surface area contributed by atoms with Gasteiger partial charge in [0.25, 0.3) is 0 Å². The molecule has 4 rings (SSSR count). The van der Waals surface area contributed by atoms with Gasteiger partial charge >= 0.3 is 7.12 Å². The Morgan fingerprint density at radius 2 is 1.31 bits per heavy atom. The first kappa shape index (κ1) is 16.6. The molecule has 0 bridgehead atoms. The minimum Gasteiger partial charge on any atom is -0.409 e. The Hall–Kier alpha value is -2.82. The van der Waals surface area contributed by atoms with Gasteiger partial charge in [0.05, 0.1) is 11.1 Å². The predicted octanol–water partition coefficient (Wildman–Crippen LogP) is 4.26. The maximum Gasteiger partial charge on any atom is 0.511 e. The van der Waals surface area contributed by atoms with Crippen LogP contribution in [0.4, 0.5) is 0 Å². The molecule has 0 N–H and O–H groups in total. The van der Waals surface area contributed by atoms with Gasteiger partial charge < -0.3 is 13.7 Å². The van der Waals surface area contributed by atoms with E-state index in [4.69, 9.17) is 9.31 Å². The molecule has 0 saturated carbocycles. The maximum atomic E-state index is 5.51. The smallest absolute Gasteiger partial charge is 0.409 e. The summed E-state index contributed by atoms with van der Waals surface area (Å²) in [5.74, 6) is 0. The van der Waals surface area contributed by atoms with E-state index in [-0.39, 0.29) is 0 Å². The number of hydrogen-bond acceptors (Lipinski definition) is 2. The number of pyridine rings is 1. The first-order valence-corrected chi connectivity index (χ1v) is 8.64. The molecule has 2 aromatic heterocycles. The maximum absolute atomic E-state index is 5.51. The molecule has 0 aliphatic carbocycles. The van der Waals surface area contributed by atoms with Gasteiger partial charge in [-0.25, -0.2) is 0 Å². The molecule has 0 aliphatic rings. The van der Waals surface area contributed by atoms with E-state index in [2.05, 4.69) is 71.3 Å². The van der Waals surface area contributed by atoms with Gasteiger partial charge in [0.15, 0.2) is 0 Å². The van der Waals surface area contributed by atoms with Crippen LogP contribution in [0.2, 0.25) is 0 Å². The van der Waals surface area contributed by atoms with Gasteiger partial charge in [-0.15, -0.1) is 0 Å². The van der Waals surface area contributed by atoms with Gasteiger partial charge in [-0.2, -0.15) is 0 Å². The van der Waals surface area contributed by atoms with Crippen LogP contribution in [-0.2, 0) is 9.31 Å². The van der Waals surface area contributed by atoms with Gasteiger partial charge in [-0.3, -0.25) is 0 Å². The lowest BCUT2D eigenvalue weighted by Crippen LogP contribution is -2.38. The van der Waals surface area contributed by atoms with E-state index in [0.29, 0.717) is 0 Å². The topological polar surface area (TPSA) is 22.9 Å². The summed E-state index contributed by atoms with van der Waals surface area (Å²) in [4.78, 5) is 0. The molecule has 2 heterocycles. The monoisotopic (exact) mass is 341 g/mol. The van der Waals surface area contributed by atoms with Gasteiger partial charge in [0.2, 0.25) is 0 Å². The minimum absolute atomic E-state index is 0.418. The van der Waals surface area contributed by atoms with Crippen molar-refractivity contribution < 1.29 is 9.31 Å². The average Bonchev–Trinajstić information content (AvgIpc) is 3.10. The SMILES string of the molecule is COB(OC)c1cccc2c(-c3ccccc3)c(-c3ccccc3)cn12. The quantitative estimate of drug-likeness (QED) is 0.506. The number of nitrogens with zero attached hydrogens (tertiary/aromatic N) is 1. The van der Waals surface area contributed by atoms with Crippen LogP contribution in [0.5, 0.6) is 0 Å². The standard InChI is InChI=1S/C22H20BNO2/c1-25-23(26-2)21-15-9-14-20-22(18-12-7-4-8-13-18)19(16-24(20)21)17-10-5-3-6-11-17/h3-16H,1-2H3. The number of hydrogen-bond donors (Lipinski definition) is 0. The molecule has 4 heteroatoms. The Morgan fingerprint density at radius 3 is 1.92 bits per heavy atom. The Labute approximate surface area is 154 Å². The number of benzene rings is 2. The highest BCUT2D eigenvalue weighted by Gasteiger charge is 2.23. The van der Waals surface area contributed by atoms with Crippen LogP contribution in [0.1, 0.15) is 0 Å². The van der Waals surface area contributed by atoms with Crippen LogP contribution < -0.4 is 5.59 Å². The summed E-state index contributed by atoms with van der Waals surface area (Å²) in [5.41, 5.74) is 6.88. The van der Waals surface area contributed by atoms with Gasteiger partial charge in [0.1, 0.15) is 0 Å². The fourth-order valence-electron chi connectivity index (χ4n) is 3.49. The van der Waals surface area contributed by atoms with Crippen LogP contribution in [0.25, 0.3) is 27.8 Å². The van der Waals surface area contributed by atoms with Gasteiger partial charge in [0, 0.05) is 31.5 Å². The molecular formula is C22H20BNO2. The zero-order chi connectivity index (χ0) is 17.9. The highest BCUT2D eigenvalue weighted by Crippen LogP contribution is 2.36. The number of aromatic nitrogens is 1. The van der Waals surface area contributed by atoms with Crippen molar-refractivity contribution in [2.75, 3.05) is 14.2 Å². The molecule has 0 fully saturated rings. The lowest BCUT2D eigenvalue weighted by atomic mass is 9.83. The fourth-order valence-corrected chi connectivity index (χ4v) is 3.49. The highest BCUT2D eigenvalue weighted by atomic mass is 16.6. The second kappa shape index (κ2) is 7.20. The van der Waals surface area contributed by atoms with Crippen molar-refractivity contribution in [1.82, 2.24) is 4.40 Å². The third kappa shape index (κ3) is 2.83. The third-order valence-electron chi connectivity index (χ3n) is 4.66. The van der Waals surface area contributed by atoms with Crippen LogP contribution in [0.3, 0.4) is 0 Å². The van der Waals surface area contributed by atoms with Crippen molar-refractivity contribution in [2.45, 2.75) is 0 Å². The largest absolute Gasteiger partial charge is 0.511 e. The summed E-state index contributed by atoms with van der Waals surface area (Å²) >= 11 is 0. The lowest BCUT2D eigenvalue weighted by molar-refractivity contribution is 0.290. The molecule has 4 aromatic rings. The molecule has 26 heavy (non-hydrogen) atoms. The van der Waals surface area contributed by atoms with Crippen LogP contribution in [0, 0.1) is 0 Å². The molecule has 0 unspecified atom stereocenters. The Bertz CT molecular complexity index is 1010. The van der Waals surface area contributed by atoms with Crippen molar-refractivity contribution in [3.05, 3.63) is 85.1 Å². The summed E-state index contributed by atoms with van der Waals surface area (Å²) < 4.78 is 13.2. The van der Waals surface area contributed by atoms with E-state index in [9.17, 15) is 0 Å². The van der Waals surface area contributed by atoms with E-state index in [1.54, 1.807) is 14.2 Å². The van der Waals surface area contributed by atoms with E-state index in [1.807, 2.05) is 18.2 Å². The molecular weight excluding hydrogens is 321 g/mol. The summed E-state index contributed by atoms with van der Waals surface area (Å²) in [6, 6.07) is 27.2. The van der Waals surface area contributed by atoms with Crippen molar-refractivity contribution in [3.63, 3.8) is 0 Å². The predicted molar refractivity (Wildman–Crippen MR) is 108 cm³/mol. The Balaban J connectivity index is 2.05. The van der Waals surface area contributed by atoms with Gasteiger partial charge in [-0.1, -0.05) is 66.7 Å². The molecule has 0 spiro atoms. The zero-order valence-electron chi connectivity index (χ0n) is 14.9. The second-order valence-corrected chi connectivity index (χ2v) is 6.16. The fraction of sp³-hybridized carbons (Fsp3) is 0.0909. The summed E-state index contributed by atoms with van der Waals surface area (Å²) in [6.45, 7) is 0. The number of rotatable bonds is 5. The first-order valence-electron chi connectivity index (χ1n) is 8.64. The molecule has 128 valence electrons. The molecule has 0 radical (unpaired) electrons. The van der Waals surface area contributed by atoms with Crippen LogP contribution >= 0.6 is 0 Å². The molecule has 0 amide bonds. The Morgan fingerprint density at radius 1 is 0.692 bits per heavy atom. The minimum atomic E-state index is -0.418. The summed E-state index contributed by atoms with van der Waals surface area (Å²) in [5, 5.41) is 0. The molecule has 0 atom stereocenters. The highest BCUT2D eigenvalue weighted by molar-refractivity contribution is 6.60.